The van der Waals surface area contributed by atoms with Gasteiger partial charge in [-0.2, -0.15) is 0 Å². The second-order valence-corrected chi connectivity index (χ2v) is 4.99. The molecule has 5 nitrogen and oxygen atoms in total. The number of carboxylic acids is 1. The zero-order valence-electron chi connectivity index (χ0n) is 13.5. The lowest BCUT2D eigenvalue weighted by Gasteiger charge is -2.09. The molecule has 0 aromatic heterocycles. The van der Waals surface area contributed by atoms with Crippen LogP contribution in [0.25, 0.3) is 6.08 Å². The van der Waals surface area contributed by atoms with Crippen molar-refractivity contribution < 1.29 is 24.2 Å². The molecule has 0 aliphatic rings. The summed E-state index contributed by atoms with van der Waals surface area (Å²) in [7, 11) is 0. The predicted octanol–water partition coefficient (Wildman–Crippen LogP) is 3.53. The van der Waals surface area contributed by atoms with E-state index in [1.807, 2.05) is 37.3 Å². The van der Waals surface area contributed by atoms with Gasteiger partial charge in [-0.05, 0) is 24.0 Å². The normalized spacial score (nSPS) is 11.7. The van der Waals surface area contributed by atoms with Gasteiger partial charge in [0.1, 0.15) is 0 Å². The van der Waals surface area contributed by atoms with E-state index in [2.05, 4.69) is 11.3 Å². The number of aliphatic carboxylic acids is 1. The number of hydrogen-bond donors (Lipinski definition) is 1. The lowest BCUT2D eigenvalue weighted by Crippen LogP contribution is -2.12. The molecular formula is C19H20O5. The van der Waals surface area contributed by atoms with Crippen molar-refractivity contribution in [1.29, 1.82) is 0 Å². The Kier molecular flexibility index (Phi) is 7.91. The number of carbonyl (C=O) groups is 3. The van der Waals surface area contributed by atoms with Crippen LogP contribution in [0.2, 0.25) is 0 Å². The SMILES string of the molecule is C=CC(=O)OC(=O)/C=C(C(=O)O)/C(=C\c1ccccc1)CCCC. The van der Waals surface area contributed by atoms with Crippen molar-refractivity contribution in [2.75, 3.05) is 0 Å². The molecule has 1 aromatic rings. The smallest absolute Gasteiger partial charge is 0.339 e. The van der Waals surface area contributed by atoms with Crippen LogP contribution >= 0.6 is 0 Å². The van der Waals surface area contributed by atoms with Crippen molar-refractivity contribution in [2.45, 2.75) is 26.2 Å². The average Bonchev–Trinajstić information content (AvgIpc) is 2.57. The molecule has 0 radical (unpaired) electrons. The highest BCUT2D eigenvalue weighted by Crippen LogP contribution is 2.21. The van der Waals surface area contributed by atoms with E-state index in [4.69, 9.17) is 0 Å². The van der Waals surface area contributed by atoms with Crippen LogP contribution in [0, 0.1) is 0 Å². The summed E-state index contributed by atoms with van der Waals surface area (Å²) in [6.07, 6.45) is 5.52. The van der Waals surface area contributed by atoms with Crippen molar-refractivity contribution in [3.8, 4) is 0 Å². The van der Waals surface area contributed by atoms with Gasteiger partial charge in [0.2, 0.25) is 0 Å². The third-order valence-corrected chi connectivity index (χ3v) is 3.15. The maximum atomic E-state index is 11.7. The first-order valence-corrected chi connectivity index (χ1v) is 7.57. The third kappa shape index (κ3) is 6.44. The highest BCUT2D eigenvalue weighted by atomic mass is 16.6. The molecule has 5 heteroatoms. The van der Waals surface area contributed by atoms with E-state index in [0.717, 1.165) is 30.6 Å². The molecule has 0 unspecified atom stereocenters. The van der Waals surface area contributed by atoms with Crippen molar-refractivity contribution in [3.05, 3.63) is 65.8 Å². The molecule has 0 bridgehead atoms. The Labute approximate surface area is 140 Å². The van der Waals surface area contributed by atoms with Gasteiger partial charge in [-0.15, -0.1) is 0 Å². The molecule has 0 saturated carbocycles. The molecular weight excluding hydrogens is 308 g/mol. The first-order chi connectivity index (χ1) is 11.5. The fourth-order valence-electron chi connectivity index (χ4n) is 1.98. The summed E-state index contributed by atoms with van der Waals surface area (Å²) in [6.45, 7) is 5.17. The molecule has 24 heavy (non-hydrogen) atoms. The van der Waals surface area contributed by atoms with Gasteiger partial charge < -0.3 is 9.84 Å². The van der Waals surface area contributed by atoms with Crippen molar-refractivity contribution in [3.63, 3.8) is 0 Å². The molecule has 0 atom stereocenters. The lowest BCUT2D eigenvalue weighted by molar-refractivity contribution is -0.152. The highest BCUT2D eigenvalue weighted by molar-refractivity contribution is 6.03. The fourth-order valence-corrected chi connectivity index (χ4v) is 1.98. The summed E-state index contributed by atoms with van der Waals surface area (Å²) < 4.78 is 4.42. The zero-order valence-corrected chi connectivity index (χ0v) is 13.5. The summed E-state index contributed by atoms with van der Waals surface area (Å²) in [4.78, 5) is 34.3. The molecule has 0 fully saturated rings. The topological polar surface area (TPSA) is 80.7 Å². The van der Waals surface area contributed by atoms with Crippen LogP contribution < -0.4 is 0 Å². The largest absolute Gasteiger partial charge is 0.478 e. The maximum absolute atomic E-state index is 11.7. The molecule has 0 amide bonds. The van der Waals surface area contributed by atoms with Crippen LogP contribution in [0.1, 0.15) is 31.7 Å². The maximum Gasteiger partial charge on any atom is 0.339 e. The van der Waals surface area contributed by atoms with Gasteiger partial charge in [0.25, 0.3) is 0 Å². The van der Waals surface area contributed by atoms with Gasteiger partial charge in [-0.25, -0.2) is 14.4 Å². The van der Waals surface area contributed by atoms with E-state index in [-0.39, 0.29) is 5.57 Å². The molecule has 1 N–H and O–H groups in total. The van der Waals surface area contributed by atoms with Crippen LogP contribution in [0.15, 0.2) is 60.2 Å². The number of carbonyl (C=O) groups excluding carboxylic acids is 2. The van der Waals surface area contributed by atoms with Crippen molar-refractivity contribution in [1.82, 2.24) is 0 Å². The second kappa shape index (κ2) is 9.94. The Hall–Kier alpha value is -2.95. The first-order valence-electron chi connectivity index (χ1n) is 7.57. The van der Waals surface area contributed by atoms with E-state index in [0.29, 0.717) is 12.0 Å². The highest BCUT2D eigenvalue weighted by Gasteiger charge is 2.17. The number of benzene rings is 1. The van der Waals surface area contributed by atoms with Crippen LogP contribution in [0.3, 0.4) is 0 Å². The van der Waals surface area contributed by atoms with Crippen LogP contribution in [0.4, 0.5) is 0 Å². The molecule has 0 aliphatic heterocycles. The summed E-state index contributed by atoms with van der Waals surface area (Å²) >= 11 is 0. The zero-order chi connectivity index (χ0) is 17.9. The van der Waals surface area contributed by atoms with Crippen LogP contribution in [0.5, 0.6) is 0 Å². The Balaban J connectivity index is 3.20. The number of carboxylic acid groups (broad SMARTS) is 1. The summed E-state index contributed by atoms with van der Waals surface area (Å²) in [5.74, 6) is -3.22. The Morgan fingerprint density at radius 1 is 1.17 bits per heavy atom. The first kappa shape index (κ1) is 19.1. The molecule has 126 valence electrons. The van der Waals surface area contributed by atoms with E-state index >= 15 is 0 Å². The second-order valence-electron chi connectivity index (χ2n) is 4.99. The Bertz CT molecular complexity index is 668. The molecule has 0 saturated heterocycles. The van der Waals surface area contributed by atoms with Gasteiger partial charge >= 0.3 is 17.9 Å². The van der Waals surface area contributed by atoms with E-state index < -0.39 is 17.9 Å². The average molecular weight is 328 g/mol. The fraction of sp³-hybridized carbons (Fsp3) is 0.211. The quantitative estimate of drug-likeness (QED) is 0.342. The number of unbranched alkanes of at least 4 members (excludes halogenated alkanes) is 1. The summed E-state index contributed by atoms with van der Waals surface area (Å²) in [5, 5.41) is 9.44. The predicted molar refractivity (Wildman–Crippen MR) is 91.0 cm³/mol. The number of hydrogen-bond acceptors (Lipinski definition) is 4. The number of esters is 2. The Morgan fingerprint density at radius 3 is 2.38 bits per heavy atom. The molecule has 0 aliphatic carbocycles. The molecule has 0 spiro atoms. The van der Waals surface area contributed by atoms with Crippen molar-refractivity contribution in [2.24, 2.45) is 0 Å². The number of ether oxygens (including phenoxy) is 1. The monoisotopic (exact) mass is 328 g/mol. The van der Waals surface area contributed by atoms with E-state index in [1.54, 1.807) is 6.08 Å². The minimum absolute atomic E-state index is 0.186. The van der Waals surface area contributed by atoms with Gasteiger partial charge in [0, 0.05) is 12.2 Å². The molecule has 0 heterocycles. The lowest BCUT2D eigenvalue weighted by atomic mass is 9.97. The number of rotatable bonds is 8. The van der Waals surface area contributed by atoms with Gasteiger partial charge in [0.15, 0.2) is 0 Å². The standard InChI is InChI=1S/C19H20O5/c1-3-5-11-15(12-14-9-7-6-8-10-14)16(19(22)23)13-18(21)24-17(20)4-2/h4,6-10,12-13H,2-3,5,11H2,1H3,(H,22,23)/b15-12-,16-13-. The minimum atomic E-state index is -1.25. The summed E-state index contributed by atoms with van der Waals surface area (Å²) in [5.41, 5.74) is 1.14. The molecule has 1 rings (SSSR count). The Morgan fingerprint density at radius 2 is 1.83 bits per heavy atom. The minimum Gasteiger partial charge on any atom is -0.478 e. The van der Waals surface area contributed by atoms with Crippen LogP contribution in [-0.2, 0) is 19.1 Å². The van der Waals surface area contributed by atoms with Crippen molar-refractivity contribution >= 4 is 24.0 Å². The molecule has 1 aromatic carbocycles. The van der Waals surface area contributed by atoms with E-state index in [9.17, 15) is 19.5 Å². The third-order valence-electron chi connectivity index (χ3n) is 3.15. The van der Waals surface area contributed by atoms with E-state index in [1.165, 1.54) is 0 Å². The van der Waals surface area contributed by atoms with Gasteiger partial charge in [-0.3, -0.25) is 0 Å². The summed E-state index contributed by atoms with van der Waals surface area (Å²) in [6, 6.07) is 9.21. The van der Waals surface area contributed by atoms with Crippen LogP contribution in [-0.4, -0.2) is 23.0 Å². The van der Waals surface area contributed by atoms with Gasteiger partial charge in [-0.1, -0.05) is 56.3 Å². The van der Waals surface area contributed by atoms with Gasteiger partial charge in [0.05, 0.1) is 5.57 Å².